The molecule has 0 radical (unpaired) electrons. The zero-order chi connectivity index (χ0) is 9.26. The lowest BCUT2D eigenvalue weighted by molar-refractivity contribution is 0.0218. The molecular weight excluding hydrogens is 160 g/mol. The van der Waals surface area contributed by atoms with Gasteiger partial charge in [0.1, 0.15) is 0 Å². The first-order valence-corrected chi connectivity index (χ1v) is 5.20. The van der Waals surface area contributed by atoms with Crippen molar-refractivity contribution >= 4 is 0 Å². The van der Waals surface area contributed by atoms with E-state index in [0.717, 1.165) is 11.8 Å². The van der Waals surface area contributed by atoms with Crippen LogP contribution in [-0.4, -0.2) is 12.7 Å². The van der Waals surface area contributed by atoms with Gasteiger partial charge in [-0.1, -0.05) is 12.2 Å². The van der Waals surface area contributed by atoms with E-state index in [0.29, 0.717) is 18.6 Å². The molecule has 2 rings (SSSR count). The molecule has 0 aromatic rings. The predicted octanol–water partition coefficient (Wildman–Crippen LogP) is 2.79. The highest BCUT2D eigenvalue weighted by Gasteiger charge is 2.45. The second-order valence-corrected chi connectivity index (χ2v) is 4.30. The van der Waals surface area contributed by atoms with Crippen molar-refractivity contribution in [3.63, 3.8) is 0 Å². The average molecular weight is 178 g/mol. The average Bonchev–Trinajstić information content (AvgIpc) is 2.72. The van der Waals surface area contributed by atoms with Crippen molar-refractivity contribution in [2.45, 2.75) is 25.4 Å². The quantitative estimate of drug-likeness (QED) is 0.601. The van der Waals surface area contributed by atoms with E-state index in [9.17, 15) is 0 Å². The predicted molar refractivity (Wildman–Crippen MR) is 54.5 cm³/mol. The van der Waals surface area contributed by atoms with Crippen LogP contribution in [0.3, 0.4) is 0 Å². The molecule has 4 atom stereocenters. The Bertz CT molecular complexity index is 209. The van der Waals surface area contributed by atoms with Gasteiger partial charge in [0.05, 0.1) is 12.7 Å². The first-order valence-electron chi connectivity index (χ1n) is 5.20. The Hall–Kier alpha value is -0.560. The fraction of sp³-hybridized carbons (Fsp3) is 0.667. The molecule has 1 heteroatoms. The van der Waals surface area contributed by atoms with Crippen LogP contribution in [0.4, 0.5) is 0 Å². The Morgan fingerprint density at radius 3 is 2.69 bits per heavy atom. The molecule has 0 spiro atoms. The number of rotatable bonds is 4. The Labute approximate surface area is 80.5 Å². The number of fused-ring (bicyclic) bond motifs is 2. The standard InChI is InChI=1S/C12H18O/c1-3-5-13-12-8-9-6-10(4-2)11(12)7-9/h3-4,9-12H,1-2,5-8H2. The summed E-state index contributed by atoms with van der Waals surface area (Å²) in [7, 11) is 0. The Balaban J connectivity index is 1.93. The van der Waals surface area contributed by atoms with Gasteiger partial charge in [-0.15, -0.1) is 13.2 Å². The molecule has 2 bridgehead atoms. The van der Waals surface area contributed by atoms with E-state index in [1.165, 1.54) is 19.3 Å². The van der Waals surface area contributed by atoms with Crippen LogP contribution in [0.25, 0.3) is 0 Å². The monoisotopic (exact) mass is 178 g/mol. The van der Waals surface area contributed by atoms with Crippen LogP contribution in [0.2, 0.25) is 0 Å². The summed E-state index contributed by atoms with van der Waals surface area (Å²) >= 11 is 0. The molecule has 2 fully saturated rings. The summed E-state index contributed by atoms with van der Waals surface area (Å²) in [5.41, 5.74) is 0. The van der Waals surface area contributed by atoms with Crippen molar-refractivity contribution in [1.29, 1.82) is 0 Å². The zero-order valence-electron chi connectivity index (χ0n) is 8.11. The fourth-order valence-electron chi connectivity index (χ4n) is 2.99. The second-order valence-electron chi connectivity index (χ2n) is 4.30. The molecule has 0 saturated heterocycles. The minimum absolute atomic E-state index is 0.486. The molecule has 2 aliphatic carbocycles. The van der Waals surface area contributed by atoms with Crippen LogP contribution in [0.5, 0.6) is 0 Å². The van der Waals surface area contributed by atoms with Crippen molar-refractivity contribution in [3.05, 3.63) is 25.3 Å². The summed E-state index contributed by atoms with van der Waals surface area (Å²) in [5, 5.41) is 0. The lowest BCUT2D eigenvalue weighted by Crippen LogP contribution is -2.26. The van der Waals surface area contributed by atoms with E-state index in [1.807, 2.05) is 6.08 Å². The molecular formula is C12H18O. The number of allylic oxidation sites excluding steroid dienone is 1. The lowest BCUT2D eigenvalue weighted by Gasteiger charge is -2.27. The third-order valence-corrected chi connectivity index (χ3v) is 3.54. The van der Waals surface area contributed by atoms with Crippen LogP contribution in [-0.2, 0) is 4.74 Å². The van der Waals surface area contributed by atoms with E-state index in [4.69, 9.17) is 4.74 Å². The van der Waals surface area contributed by atoms with Crippen LogP contribution in [0, 0.1) is 17.8 Å². The Morgan fingerprint density at radius 1 is 1.23 bits per heavy atom. The molecule has 2 saturated carbocycles. The van der Waals surface area contributed by atoms with Crippen molar-refractivity contribution in [3.8, 4) is 0 Å². The topological polar surface area (TPSA) is 9.23 Å². The maximum Gasteiger partial charge on any atom is 0.0648 e. The number of ether oxygens (including phenoxy) is 1. The van der Waals surface area contributed by atoms with Crippen molar-refractivity contribution in [2.24, 2.45) is 17.8 Å². The van der Waals surface area contributed by atoms with Gasteiger partial charge in [-0.2, -0.15) is 0 Å². The van der Waals surface area contributed by atoms with E-state index >= 15 is 0 Å². The highest BCUT2D eigenvalue weighted by atomic mass is 16.5. The number of hydrogen-bond donors (Lipinski definition) is 0. The van der Waals surface area contributed by atoms with Gasteiger partial charge in [0.25, 0.3) is 0 Å². The van der Waals surface area contributed by atoms with Crippen LogP contribution in [0.15, 0.2) is 25.3 Å². The smallest absolute Gasteiger partial charge is 0.0648 e. The molecule has 0 amide bonds. The zero-order valence-corrected chi connectivity index (χ0v) is 8.11. The maximum absolute atomic E-state index is 5.75. The van der Waals surface area contributed by atoms with Crippen LogP contribution >= 0.6 is 0 Å². The molecule has 0 aromatic heterocycles. The summed E-state index contributed by atoms with van der Waals surface area (Å²) in [6.07, 6.45) is 8.42. The van der Waals surface area contributed by atoms with Crippen molar-refractivity contribution < 1.29 is 4.74 Å². The summed E-state index contributed by atoms with van der Waals surface area (Å²) in [4.78, 5) is 0. The van der Waals surface area contributed by atoms with Gasteiger partial charge in [0.15, 0.2) is 0 Å². The van der Waals surface area contributed by atoms with Crippen LogP contribution < -0.4 is 0 Å². The highest BCUT2D eigenvalue weighted by molar-refractivity contribution is 5.02. The van der Waals surface area contributed by atoms with Gasteiger partial charge in [-0.05, 0) is 37.0 Å². The summed E-state index contributed by atoms with van der Waals surface area (Å²) in [5.74, 6) is 2.37. The molecule has 1 nitrogen and oxygen atoms in total. The van der Waals surface area contributed by atoms with Gasteiger partial charge in [-0.25, -0.2) is 0 Å². The molecule has 0 N–H and O–H groups in total. The summed E-state index contributed by atoms with van der Waals surface area (Å²) < 4.78 is 5.75. The Morgan fingerprint density at radius 2 is 2.08 bits per heavy atom. The molecule has 2 aliphatic rings. The van der Waals surface area contributed by atoms with Crippen molar-refractivity contribution in [2.75, 3.05) is 6.61 Å². The highest BCUT2D eigenvalue weighted by Crippen LogP contribution is 2.49. The molecule has 0 aliphatic heterocycles. The first kappa shape index (κ1) is 9.01. The third kappa shape index (κ3) is 1.58. The molecule has 72 valence electrons. The molecule has 4 unspecified atom stereocenters. The Kier molecular flexibility index (Phi) is 2.54. The van der Waals surface area contributed by atoms with Gasteiger partial charge in [0, 0.05) is 0 Å². The normalized spacial score (nSPS) is 42.2. The van der Waals surface area contributed by atoms with Gasteiger partial charge in [0.2, 0.25) is 0 Å². The second kappa shape index (κ2) is 3.67. The minimum Gasteiger partial charge on any atom is -0.374 e. The molecule has 0 heterocycles. The largest absolute Gasteiger partial charge is 0.374 e. The van der Waals surface area contributed by atoms with Crippen molar-refractivity contribution in [1.82, 2.24) is 0 Å². The van der Waals surface area contributed by atoms with E-state index in [-0.39, 0.29) is 0 Å². The summed E-state index contributed by atoms with van der Waals surface area (Å²) in [6.45, 7) is 8.28. The van der Waals surface area contributed by atoms with E-state index in [2.05, 4.69) is 19.2 Å². The first-order chi connectivity index (χ1) is 6.35. The molecule has 13 heavy (non-hydrogen) atoms. The third-order valence-electron chi connectivity index (χ3n) is 3.54. The SMILES string of the molecule is C=CCOC1CC2CC(C=C)C1C2. The van der Waals surface area contributed by atoms with Gasteiger partial charge >= 0.3 is 0 Å². The van der Waals surface area contributed by atoms with Gasteiger partial charge < -0.3 is 4.74 Å². The van der Waals surface area contributed by atoms with Gasteiger partial charge in [-0.3, -0.25) is 0 Å². The van der Waals surface area contributed by atoms with E-state index in [1.54, 1.807) is 0 Å². The maximum atomic E-state index is 5.75. The van der Waals surface area contributed by atoms with Crippen LogP contribution in [0.1, 0.15) is 19.3 Å². The lowest BCUT2D eigenvalue weighted by atomic mass is 9.87. The fourth-order valence-corrected chi connectivity index (χ4v) is 2.99. The number of hydrogen-bond acceptors (Lipinski definition) is 1. The summed E-state index contributed by atoms with van der Waals surface area (Å²) in [6, 6.07) is 0. The van der Waals surface area contributed by atoms with E-state index < -0.39 is 0 Å². The molecule has 0 aromatic carbocycles. The minimum atomic E-state index is 0.486.